The highest BCUT2D eigenvalue weighted by molar-refractivity contribution is 6.02. The lowest BCUT2D eigenvalue weighted by Gasteiger charge is -2.45. The smallest absolute Gasteiger partial charge is 0.219 e. The second-order valence-electron chi connectivity index (χ2n) is 6.36. The van der Waals surface area contributed by atoms with Crippen LogP contribution < -0.4 is 4.74 Å². The highest BCUT2D eigenvalue weighted by atomic mass is 16.5. The van der Waals surface area contributed by atoms with Crippen LogP contribution in [-0.4, -0.2) is 22.9 Å². The number of hydrogen-bond donors (Lipinski definition) is 0. The van der Waals surface area contributed by atoms with Crippen LogP contribution in [0.25, 0.3) is 0 Å². The molecule has 0 aromatic carbocycles. The Hall–Kier alpha value is -2.22. The van der Waals surface area contributed by atoms with Gasteiger partial charge in [0.2, 0.25) is 5.88 Å². The molecule has 22 heavy (non-hydrogen) atoms. The zero-order chi connectivity index (χ0) is 16.1. The van der Waals surface area contributed by atoms with Gasteiger partial charge in [-0.1, -0.05) is 19.9 Å². The van der Waals surface area contributed by atoms with Crippen LogP contribution in [0, 0.1) is 30.1 Å². The summed E-state index contributed by atoms with van der Waals surface area (Å²) in [7, 11) is 1.61. The zero-order valence-corrected chi connectivity index (χ0v) is 13.3. The van der Waals surface area contributed by atoms with Crippen LogP contribution in [0.2, 0.25) is 0 Å². The van der Waals surface area contributed by atoms with Gasteiger partial charge in [0, 0.05) is 16.9 Å². The molecule has 0 fully saturated rings. The first-order chi connectivity index (χ1) is 10.4. The van der Waals surface area contributed by atoms with E-state index in [0.717, 1.165) is 24.1 Å². The number of nitriles is 1. The van der Waals surface area contributed by atoms with Gasteiger partial charge < -0.3 is 4.74 Å². The standard InChI is InChI=1S/C17H19N3O2/c1-9-13-6-5-12-15(19-10(2)20-16(12)22-4)17(13,3)7-11(8-18)14(9)21/h7,9,13H,5-6H2,1-4H3/t9-,13-,17-/m0/s1. The fourth-order valence-corrected chi connectivity index (χ4v) is 4.02. The van der Waals surface area contributed by atoms with E-state index in [1.54, 1.807) is 7.11 Å². The number of aromatic nitrogens is 2. The Morgan fingerprint density at radius 3 is 2.82 bits per heavy atom. The summed E-state index contributed by atoms with van der Waals surface area (Å²) < 4.78 is 5.42. The summed E-state index contributed by atoms with van der Waals surface area (Å²) in [4.78, 5) is 21.3. The Morgan fingerprint density at radius 1 is 1.45 bits per heavy atom. The molecule has 0 saturated heterocycles. The molecule has 1 aromatic heterocycles. The second-order valence-corrected chi connectivity index (χ2v) is 6.36. The molecule has 0 N–H and O–H groups in total. The van der Waals surface area contributed by atoms with E-state index in [1.807, 2.05) is 19.9 Å². The molecular weight excluding hydrogens is 278 g/mol. The number of nitrogens with zero attached hydrogens (tertiary/aromatic N) is 3. The number of ketones is 1. The normalized spacial score (nSPS) is 30.0. The van der Waals surface area contributed by atoms with Gasteiger partial charge in [0.25, 0.3) is 0 Å². The van der Waals surface area contributed by atoms with Crippen LogP contribution in [0.4, 0.5) is 0 Å². The summed E-state index contributed by atoms with van der Waals surface area (Å²) in [5.74, 6) is 1.20. The molecule has 0 saturated carbocycles. The number of hydrogen-bond acceptors (Lipinski definition) is 5. The number of aryl methyl sites for hydroxylation is 1. The monoisotopic (exact) mass is 297 g/mol. The van der Waals surface area contributed by atoms with Crippen molar-refractivity contribution in [3.8, 4) is 11.9 Å². The average molecular weight is 297 g/mol. The molecule has 0 spiro atoms. The summed E-state index contributed by atoms with van der Waals surface area (Å²) in [6, 6.07) is 2.05. The number of fused-ring (bicyclic) bond motifs is 3. The Balaban J connectivity index is 2.28. The van der Waals surface area contributed by atoms with Crippen LogP contribution in [0.5, 0.6) is 5.88 Å². The van der Waals surface area contributed by atoms with Gasteiger partial charge in [-0.25, -0.2) is 4.98 Å². The van der Waals surface area contributed by atoms with Gasteiger partial charge in [0.05, 0.1) is 18.4 Å². The molecule has 0 aliphatic heterocycles. The van der Waals surface area contributed by atoms with E-state index in [1.165, 1.54) is 0 Å². The Kier molecular flexibility index (Phi) is 3.28. The van der Waals surface area contributed by atoms with Crippen molar-refractivity contribution in [2.75, 3.05) is 7.11 Å². The van der Waals surface area contributed by atoms with Gasteiger partial charge >= 0.3 is 0 Å². The van der Waals surface area contributed by atoms with E-state index >= 15 is 0 Å². The molecule has 1 aromatic rings. The minimum atomic E-state index is -0.424. The van der Waals surface area contributed by atoms with Crippen molar-refractivity contribution >= 4 is 5.78 Å². The van der Waals surface area contributed by atoms with Gasteiger partial charge in [0.1, 0.15) is 11.9 Å². The second kappa shape index (κ2) is 4.91. The first-order valence-electron chi connectivity index (χ1n) is 7.51. The molecule has 0 amide bonds. The van der Waals surface area contributed by atoms with Gasteiger partial charge in [-0.15, -0.1) is 0 Å². The van der Waals surface area contributed by atoms with Crippen LogP contribution in [0.1, 0.15) is 37.4 Å². The molecule has 5 nitrogen and oxygen atoms in total. The Bertz CT molecular complexity index is 732. The van der Waals surface area contributed by atoms with Gasteiger partial charge in [-0.3, -0.25) is 4.79 Å². The average Bonchev–Trinajstić information content (AvgIpc) is 2.50. The molecule has 114 valence electrons. The molecule has 0 unspecified atom stereocenters. The molecule has 1 heterocycles. The highest BCUT2D eigenvalue weighted by Crippen LogP contribution is 2.50. The van der Waals surface area contributed by atoms with Gasteiger partial charge in [-0.05, 0) is 25.7 Å². The third-order valence-electron chi connectivity index (χ3n) is 5.11. The summed E-state index contributed by atoms with van der Waals surface area (Å²) in [6.45, 7) is 5.83. The minimum Gasteiger partial charge on any atom is -0.481 e. The van der Waals surface area contributed by atoms with Gasteiger partial charge in [0.15, 0.2) is 5.78 Å². The largest absolute Gasteiger partial charge is 0.481 e. The van der Waals surface area contributed by atoms with Crippen molar-refractivity contribution in [2.45, 2.75) is 39.0 Å². The van der Waals surface area contributed by atoms with E-state index in [4.69, 9.17) is 4.74 Å². The van der Waals surface area contributed by atoms with Crippen LogP contribution in [0.15, 0.2) is 11.6 Å². The molecule has 3 rings (SSSR count). The van der Waals surface area contributed by atoms with Crippen LogP contribution in [-0.2, 0) is 16.6 Å². The van der Waals surface area contributed by atoms with Crippen LogP contribution >= 0.6 is 0 Å². The SMILES string of the molecule is COc1nc(C)nc2c1CC[C@H]1[C@H](C)C(=O)C(C#N)=C[C@]21C. The number of rotatable bonds is 1. The van der Waals surface area contributed by atoms with Crippen molar-refractivity contribution < 1.29 is 9.53 Å². The third kappa shape index (κ3) is 1.87. The molecule has 2 aliphatic rings. The maximum atomic E-state index is 12.3. The first-order valence-corrected chi connectivity index (χ1v) is 7.51. The summed E-state index contributed by atoms with van der Waals surface area (Å²) in [5.41, 5.74) is 1.73. The molecular formula is C17H19N3O2. The minimum absolute atomic E-state index is 0.0498. The molecule has 5 heteroatoms. The quantitative estimate of drug-likeness (QED) is 0.795. The summed E-state index contributed by atoms with van der Waals surface area (Å²) in [6.07, 6.45) is 3.48. The number of methoxy groups -OCH3 is 1. The predicted octanol–water partition coefficient (Wildman–Crippen LogP) is 2.28. The van der Waals surface area contributed by atoms with Crippen molar-refractivity contribution in [3.63, 3.8) is 0 Å². The maximum Gasteiger partial charge on any atom is 0.219 e. The lowest BCUT2D eigenvalue weighted by atomic mass is 9.58. The topological polar surface area (TPSA) is 75.9 Å². The fourth-order valence-electron chi connectivity index (χ4n) is 4.02. The summed E-state index contributed by atoms with van der Waals surface area (Å²) >= 11 is 0. The molecule has 0 bridgehead atoms. The van der Waals surface area contributed by atoms with E-state index in [2.05, 4.69) is 23.0 Å². The van der Waals surface area contributed by atoms with E-state index in [0.29, 0.717) is 11.7 Å². The maximum absolute atomic E-state index is 12.3. The number of carbonyl (C=O) groups is 1. The van der Waals surface area contributed by atoms with Crippen molar-refractivity contribution in [1.29, 1.82) is 5.26 Å². The number of carbonyl (C=O) groups excluding carboxylic acids is 1. The lowest BCUT2D eigenvalue weighted by Crippen LogP contribution is -2.46. The van der Waals surface area contributed by atoms with Crippen molar-refractivity contribution in [3.05, 3.63) is 28.7 Å². The molecule has 2 aliphatic carbocycles. The fraction of sp³-hybridized carbons (Fsp3) is 0.529. The lowest BCUT2D eigenvalue weighted by molar-refractivity contribution is -0.121. The molecule has 0 radical (unpaired) electrons. The number of allylic oxidation sites excluding steroid dienone is 2. The van der Waals surface area contributed by atoms with Gasteiger partial charge in [-0.2, -0.15) is 10.2 Å². The summed E-state index contributed by atoms with van der Waals surface area (Å²) in [5, 5.41) is 9.29. The Morgan fingerprint density at radius 2 is 2.18 bits per heavy atom. The number of ether oxygens (including phenoxy) is 1. The zero-order valence-electron chi connectivity index (χ0n) is 13.3. The predicted molar refractivity (Wildman–Crippen MR) is 80.4 cm³/mol. The van der Waals surface area contributed by atoms with E-state index in [9.17, 15) is 10.1 Å². The van der Waals surface area contributed by atoms with Crippen molar-refractivity contribution in [2.24, 2.45) is 11.8 Å². The number of Topliss-reactive ketones (excluding diaryl/α,β-unsaturated/α-hetero) is 1. The first kappa shape index (κ1) is 14.7. The van der Waals surface area contributed by atoms with E-state index in [-0.39, 0.29) is 23.2 Å². The van der Waals surface area contributed by atoms with Crippen LogP contribution in [0.3, 0.4) is 0 Å². The third-order valence-corrected chi connectivity index (χ3v) is 5.11. The van der Waals surface area contributed by atoms with Crippen molar-refractivity contribution in [1.82, 2.24) is 9.97 Å². The van der Waals surface area contributed by atoms with E-state index < -0.39 is 5.41 Å². The highest BCUT2D eigenvalue weighted by Gasteiger charge is 2.49. The molecule has 3 atom stereocenters. The Labute approximate surface area is 130 Å².